The van der Waals surface area contributed by atoms with Gasteiger partial charge in [-0.05, 0) is 38.5 Å². The van der Waals surface area contributed by atoms with Crippen molar-refractivity contribution in [1.29, 1.82) is 0 Å². The molecule has 0 aliphatic carbocycles. The predicted octanol–water partition coefficient (Wildman–Crippen LogP) is 2.54. The van der Waals surface area contributed by atoms with Crippen molar-refractivity contribution in [3.63, 3.8) is 0 Å². The van der Waals surface area contributed by atoms with Crippen molar-refractivity contribution < 1.29 is 9.53 Å². The summed E-state index contributed by atoms with van der Waals surface area (Å²) in [6.07, 6.45) is 0. The molecule has 1 aromatic heterocycles. The summed E-state index contributed by atoms with van der Waals surface area (Å²) in [4.78, 5) is 11.5. The van der Waals surface area contributed by atoms with Crippen LogP contribution in [0.15, 0.2) is 29.4 Å². The number of hydrogen-bond acceptors (Lipinski definition) is 5. The Kier molecular flexibility index (Phi) is 4.44. The molecule has 1 heterocycles. The summed E-state index contributed by atoms with van der Waals surface area (Å²) < 4.78 is 6.68. The highest BCUT2D eigenvalue weighted by Gasteiger charge is 2.20. The normalized spacial score (nSPS) is 12.2. The Bertz CT molecular complexity index is 625. The number of benzene rings is 1. The Morgan fingerprint density at radius 1 is 1.35 bits per heavy atom. The molecule has 20 heavy (non-hydrogen) atoms. The first-order valence-electron chi connectivity index (χ1n) is 6.26. The lowest BCUT2D eigenvalue weighted by Gasteiger charge is -2.11. The lowest BCUT2D eigenvalue weighted by molar-refractivity contribution is -0.139. The number of esters is 1. The van der Waals surface area contributed by atoms with Gasteiger partial charge >= 0.3 is 5.97 Å². The number of methoxy groups -OCH3 is 1. The molecule has 1 atom stereocenters. The number of thioether (sulfide) groups is 1. The van der Waals surface area contributed by atoms with E-state index in [1.165, 1.54) is 18.9 Å². The number of nitrogens with zero attached hydrogens (tertiary/aromatic N) is 3. The zero-order chi connectivity index (χ0) is 14.7. The van der Waals surface area contributed by atoms with Crippen molar-refractivity contribution in [3.8, 4) is 5.69 Å². The molecule has 1 aromatic carbocycles. The van der Waals surface area contributed by atoms with Gasteiger partial charge in [0.2, 0.25) is 0 Å². The average molecular weight is 291 g/mol. The smallest absolute Gasteiger partial charge is 0.318 e. The van der Waals surface area contributed by atoms with E-state index in [9.17, 15) is 4.79 Å². The highest BCUT2D eigenvalue weighted by atomic mass is 32.2. The highest BCUT2D eigenvalue weighted by molar-refractivity contribution is 8.00. The van der Waals surface area contributed by atoms with E-state index in [0.29, 0.717) is 5.16 Å². The lowest BCUT2D eigenvalue weighted by Crippen LogP contribution is -2.15. The van der Waals surface area contributed by atoms with Crippen LogP contribution in [0.5, 0.6) is 0 Å². The van der Waals surface area contributed by atoms with Crippen LogP contribution < -0.4 is 0 Å². The number of aromatic nitrogens is 3. The maximum absolute atomic E-state index is 11.5. The van der Waals surface area contributed by atoms with Crippen molar-refractivity contribution in [2.45, 2.75) is 31.2 Å². The van der Waals surface area contributed by atoms with Crippen LogP contribution in [-0.4, -0.2) is 33.1 Å². The maximum Gasteiger partial charge on any atom is 0.318 e. The second-order valence-electron chi connectivity index (χ2n) is 4.49. The van der Waals surface area contributed by atoms with Gasteiger partial charge in [0.15, 0.2) is 5.16 Å². The minimum Gasteiger partial charge on any atom is -0.468 e. The molecule has 2 rings (SSSR count). The largest absolute Gasteiger partial charge is 0.468 e. The topological polar surface area (TPSA) is 57.0 Å². The Balaban J connectivity index is 2.35. The number of aryl methyl sites for hydroxylation is 2. The number of hydrogen-bond donors (Lipinski definition) is 0. The van der Waals surface area contributed by atoms with Gasteiger partial charge in [0.05, 0.1) is 7.11 Å². The van der Waals surface area contributed by atoms with Gasteiger partial charge in [-0.1, -0.05) is 23.9 Å². The first kappa shape index (κ1) is 14.6. The van der Waals surface area contributed by atoms with Gasteiger partial charge in [-0.2, -0.15) is 0 Å². The van der Waals surface area contributed by atoms with Crippen LogP contribution in [0.2, 0.25) is 0 Å². The van der Waals surface area contributed by atoms with Gasteiger partial charge in [-0.3, -0.25) is 9.36 Å². The van der Waals surface area contributed by atoms with E-state index in [0.717, 1.165) is 17.1 Å². The van der Waals surface area contributed by atoms with E-state index in [4.69, 9.17) is 4.74 Å². The fourth-order valence-electron chi connectivity index (χ4n) is 1.86. The van der Waals surface area contributed by atoms with Crippen LogP contribution in [0.25, 0.3) is 5.69 Å². The quantitative estimate of drug-likeness (QED) is 0.640. The van der Waals surface area contributed by atoms with Crippen molar-refractivity contribution in [2.75, 3.05) is 7.11 Å². The van der Waals surface area contributed by atoms with E-state index in [1.54, 1.807) is 6.92 Å². The maximum atomic E-state index is 11.5. The lowest BCUT2D eigenvalue weighted by atomic mass is 10.2. The fourth-order valence-corrected chi connectivity index (χ4v) is 2.80. The summed E-state index contributed by atoms with van der Waals surface area (Å²) >= 11 is 1.34. The first-order valence-corrected chi connectivity index (χ1v) is 7.14. The molecule has 0 saturated carbocycles. The van der Waals surface area contributed by atoms with Crippen molar-refractivity contribution in [1.82, 2.24) is 14.8 Å². The summed E-state index contributed by atoms with van der Waals surface area (Å²) in [5, 5.41) is 8.61. The van der Waals surface area contributed by atoms with Gasteiger partial charge in [0, 0.05) is 5.69 Å². The standard InChI is InChI=1S/C14H17N3O2S/c1-9-6-5-7-12(8-9)17-11(3)15-16-14(17)20-10(2)13(18)19-4/h5-8,10H,1-4H3. The van der Waals surface area contributed by atoms with E-state index in [-0.39, 0.29) is 11.2 Å². The third kappa shape index (κ3) is 3.01. The molecule has 0 aliphatic heterocycles. The van der Waals surface area contributed by atoms with Gasteiger partial charge in [0.1, 0.15) is 11.1 Å². The molecule has 0 saturated heterocycles. The molecule has 0 fully saturated rings. The van der Waals surface area contributed by atoms with E-state index < -0.39 is 0 Å². The monoisotopic (exact) mass is 291 g/mol. The summed E-state index contributed by atoms with van der Waals surface area (Å²) in [6.45, 7) is 5.72. The van der Waals surface area contributed by atoms with Crippen molar-refractivity contribution >= 4 is 17.7 Å². The molecule has 0 aliphatic rings. The van der Waals surface area contributed by atoms with Gasteiger partial charge in [-0.15, -0.1) is 10.2 Å². The molecule has 0 radical (unpaired) electrons. The second-order valence-corrected chi connectivity index (χ2v) is 5.80. The molecule has 0 amide bonds. The Labute approximate surface area is 122 Å². The van der Waals surface area contributed by atoms with E-state index in [2.05, 4.69) is 16.3 Å². The molecule has 1 unspecified atom stereocenters. The third-order valence-corrected chi connectivity index (χ3v) is 3.89. The molecule has 5 nitrogen and oxygen atoms in total. The SMILES string of the molecule is COC(=O)C(C)Sc1nnc(C)n1-c1cccc(C)c1. The zero-order valence-corrected chi connectivity index (χ0v) is 12.8. The third-order valence-electron chi connectivity index (χ3n) is 2.87. The number of rotatable bonds is 4. The van der Waals surface area contributed by atoms with Crippen LogP contribution in [0, 0.1) is 13.8 Å². The molecular weight excluding hydrogens is 274 g/mol. The Morgan fingerprint density at radius 3 is 2.75 bits per heavy atom. The van der Waals surface area contributed by atoms with Crippen LogP contribution in [0.3, 0.4) is 0 Å². The molecule has 106 valence electrons. The summed E-state index contributed by atoms with van der Waals surface area (Å²) in [5.41, 5.74) is 2.15. The second kappa shape index (κ2) is 6.09. The molecule has 0 spiro atoms. The zero-order valence-electron chi connectivity index (χ0n) is 12.0. The van der Waals surface area contributed by atoms with Crippen LogP contribution in [0.4, 0.5) is 0 Å². The van der Waals surface area contributed by atoms with Crippen molar-refractivity contribution in [3.05, 3.63) is 35.7 Å². The van der Waals surface area contributed by atoms with Gasteiger partial charge in [0.25, 0.3) is 0 Å². The number of carbonyl (C=O) groups is 1. The molecule has 0 N–H and O–H groups in total. The number of ether oxygens (including phenoxy) is 1. The molecule has 0 bridgehead atoms. The Morgan fingerprint density at radius 2 is 2.10 bits per heavy atom. The minimum atomic E-state index is -0.327. The van der Waals surface area contributed by atoms with Crippen LogP contribution >= 0.6 is 11.8 Å². The minimum absolute atomic E-state index is 0.272. The molecular formula is C14H17N3O2S. The number of carbonyl (C=O) groups excluding carboxylic acids is 1. The highest BCUT2D eigenvalue weighted by Crippen LogP contribution is 2.26. The predicted molar refractivity (Wildman–Crippen MR) is 78.2 cm³/mol. The average Bonchev–Trinajstić information content (AvgIpc) is 2.78. The van der Waals surface area contributed by atoms with E-state index >= 15 is 0 Å². The summed E-state index contributed by atoms with van der Waals surface area (Å²) in [5.74, 6) is 0.515. The van der Waals surface area contributed by atoms with Gasteiger partial charge in [-0.25, -0.2) is 0 Å². The van der Waals surface area contributed by atoms with Gasteiger partial charge < -0.3 is 4.74 Å². The summed E-state index contributed by atoms with van der Waals surface area (Å²) in [7, 11) is 1.38. The van der Waals surface area contributed by atoms with E-state index in [1.807, 2.05) is 36.6 Å². The fraction of sp³-hybridized carbons (Fsp3) is 0.357. The molecule has 2 aromatic rings. The van der Waals surface area contributed by atoms with Crippen LogP contribution in [-0.2, 0) is 9.53 Å². The first-order chi connectivity index (χ1) is 9.52. The summed E-state index contributed by atoms with van der Waals surface area (Å²) in [6, 6.07) is 8.08. The Hall–Kier alpha value is -1.82. The molecule has 6 heteroatoms. The van der Waals surface area contributed by atoms with Crippen molar-refractivity contribution in [2.24, 2.45) is 0 Å². The van der Waals surface area contributed by atoms with Crippen LogP contribution in [0.1, 0.15) is 18.3 Å².